The maximum atomic E-state index is 13.6. The first-order chi connectivity index (χ1) is 17.0. The quantitative estimate of drug-likeness (QED) is 0.415. The molecule has 1 heterocycles. The molecular formula is C24H20ClF3N2O4S2. The van der Waals surface area contributed by atoms with Crippen molar-refractivity contribution < 1.29 is 31.5 Å². The average Bonchev–Trinajstić information content (AvgIpc) is 3.40. The van der Waals surface area contributed by atoms with E-state index in [-0.39, 0.29) is 45.8 Å². The Balaban J connectivity index is 1.41. The number of sulfone groups is 1. The van der Waals surface area contributed by atoms with E-state index in [1.807, 2.05) is 0 Å². The summed E-state index contributed by atoms with van der Waals surface area (Å²) in [5.41, 5.74) is -1.60. The molecule has 2 fully saturated rings. The summed E-state index contributed by atoms with van der Waals surface area (Å²) in [5.74, 6) is -6.04. The fourth-order valence-electron chi connectivity index (χ4n) is 5.40. The van der Waals surface area contributed by atoms with E-state index in [0.717, 1.165) is 6.07 Å². The average molecular weight is 557 g/mol. The summed E-state index contributed by atoms with van der Waals surface area (Å²) in [6.07, 6.45) is 3.40. The first-order valence-electron chi connectivity index (χ1n) is 11.1. The van der Waals surface area contributed by atoms with Crippen molar-refractivity contribution in [3.8, 4) is 0 Å². The Kier molecular flexibility index (Phi) is 6.39. The predicted molar refractivity (Wildman–Crippen MR) is 128 cm³/mol. The molecule has 3 aromatic rings. The first kappa shape index (κ1) is 25.2. The fourth-order valence-corrected chi connectivity index (χ4v) is 8.69. The van der Waals surface area contributed by atoms with Crippen LogP contribution >= 0.6 is 22.9 Å². The minimum absolute atomic E-state index is 0.0708. The number of fused-ring (bicyclic) bond motifs is 2. The molecule has 2 saturated carbocycles. The van der Waals surface area contributed by atoms with Crippen molar-refractivity contribution in [2.75, 3.05) is 5.32 Å². The largest absolute Gasteiger partial charge is 0.382 e. The van der Waals surface area contributed by atoms with E-state index >= 15 is 0 Å². The lowest BCUT2D eigenvalue weighted by Crippen LogP contribution is -2.45. The highest BCUT2D eigenvalue weighted by Gasteiger charge is 2.57. The summed E-state index contributed by atoms with van der Waals surface area (Å²) in [5, 5.41) is 15.2. The van der Waals surface area contributed by atoms with Crippen molar-refractivity contribution in [2.45, 2.75) is 41.4 Å². The molecule has 0 radical (unpaired) electrons. The van der Waals surface area contributed by atoms with Gasteiger partial charge in [0, 0.05) is 35.0 Å². The summed E-state index contributed by atoms with van der Waals surface area (Å²) in [6.45, 7) is 0. The number of thiazole rings is 1. The van der Waals surface area contributed by atoms with Crippen LogP contribution in [0.3, 0.4) is 0 Å². The Morgan fingerprint density at radius 1 is 1.11 bits per heavy atom. The molecule has 2 aliphatic carbocycles. The van der Waals surface area contributed by atoms with Crippen molar-refractivity contribution in [1.82, 2.24) is 4.98 Å². The standard InChI is InChI=1S/C24H20ClF3N2O4S2/c25-17-4-1-12(22(31)30-15-10-18(26)21(28)19(27)11-15)7-20(17)36(33,34)16-8-13-2-3-14(9-16)24(13,32)23-29-5-6-35-23/h1,4-7,10-11,13-14,16,32H,2-3,8-9H2,(H,30,31)/t13-,14?,16?,24?/m0/s1. The normalized spacial score (nSPS) is 25.6. The van der Waals surface area contributed by atoms with Crippen LogP contribution in [0.2, 0.25) is 5.02 Å². The van der Waals surface area contributed by atoms with Crippen LogP contribution in [0.1, 0.15) is 41.0 Å². The van der Waals surface area contributed by atoms with Gasteiger partial charge in [-0.25, -0.2) is 26.6 Å². The molecular weight excluding hydrogens is 537 g/mol. The molecule has 4 atom stereocenters. The monoisotopic (exact) mass is 556 g/mol. The van der Waals surface area contributed by atoms with Gasteiger partial charge in [0.15, 0.2) is 27.3 Å². The van der Waals surface area contributed by atoms with Crippen molar-refractivity contribution in [1.29, 1.82) is 0 Å². The smallest absolute Gasteiger partial charge is 0.255 e. The van der Waals surface area contributed by atoms with E-state index < -0.39 is 44.0 Å². The Hall–Kier alpha value is -2.47. The second kappa shape index (κ2) is 9.13. The van der Waals surface area contributed by atoms with Crippen molar-refractivity contribution >= 4 is 44.4 Å². The van der Waals surface area contributed by atoms with Gasteiger partial charge >= 0.3 is 0 Å². The summed E-state index contributed by atoms with van der Waals surface area (Å²) in [4.78, 5) is 16.7. The number of anilines is 1. The minimum Gasteiger partial charge on any atom is -0.382 e. The topological polar surface area (TPSA) is 96.4 Å². The zero-order valence-electron chi connectivity index (χ0n) is 18.5. The lowest BCUT2D eigenvalue weighted by atomic mass is 9.74. The highest BCUT2D eigenvalue weighted by Crippen LogP contribution is 2.57. The summed E-state index contributed by atoms with van der Waals surface area (Å²) in [6, 6.07) is 4.89. The van der Waals surface area contributed by atoms with Crippen molar-refractivity contribution in [2.24, 2.45) is 11.8 Å². The molecule has 12 heteroatoms. The molecule has 1 amide bonds. The van der Waals surface area contributed by atoms with Crippen molar-refractivity contribution in [3.05, 3.63) is 75.0 Å². The third-order valence-electron chi connectivity index (χ3n) is 7.16. The number of benzene rings is 2. The van der Waals surface area contributed by atoms with Crippen LogP contribution in [-0.4, -0.2) is 29.7 Å². The number of amides is 1. The molecule has 36 heavy (non-hydrogen) atoms. The number of nitrogens with zero attached hydrogens (tertiary/aromatic N) is 1. The number of halogens is 4. The lowest BCUT2D eigenvalue weighted by Gasteiger charge is -2.41. The van der Waals surface area contributed by atoms with E-state index in [0.29, 0.717) is 30.0 Å². The number of nitrogens with one attached hydrogen (secondary N) is 1. The number of aliphatic hydroxyl groups is 1. The SMILES string of the molecule is O=C(Nc1cc(F)c(F)c(F)c1)c1ccc(Cl)c(S(=O)(=O)C2CC3CC[C@@H](C2)C3(O)c2nccs2)c1. The van der Waals surface area contributed by atoms with E-state index in [1.165, 1.54) is 23.5 Å². The third-order valence-corrected chi connectivity index (χ3v) is 10.7. The maximum Gasteiger partial charge on any atom is 0.255 e. The van der Waals surface area contributed by atoms with Crippen LogP contribution in [-0.2, 0) is 15.4 Å². The molecule has 0 aliphatic heterocycles. The van der Waals surface area contributed by atoms with Crippen LogP contribution < -0.4 is 5.32 Å². The molecule has 2 aromatic carbocycles. The molecule has 1 aromatic heterocycles. The molecule has 0 saturated heterocycles. The van der Waals surface area contributed by atoms with Gasteiger partial charge in [0.1, 0.15) is 10.6 Å². The van der Waals surface area contributed by atoms with Crippen LogP contribution in [0.4, 0.5) is 18.9 Å². The molecule has 190 valence electrons. The van der Waals surface area contributed by atoms with Gasteiger partial charge in [-0.3, -0.25) is 4.79 Å². The molecule has 2 N–H and O–H groups in total. The fraction of sp³-hybridized carbons (Fsp3) is 0.333. The lowest BCUT2D eigenvalue weighted by molar-refractivity contribution is -0.0647. The minimum atomic E-state index is -4.00. The summed E-state index contributed by atoms with van der Waals surface area (Å²) >= 11 is 7.59. The second-order valence-electron chi connectivity index (χ2n) is 9.13. The molecule has 6 nitrogen and oxygen atoms in total. The van der Waals surface area contributed by atoms with Crippen LogP contribution in [0.25, 0.3) is 0 Å². The van der Waals surface area contributed by atoms with Gasteiger partial charge in [-0.05, 0) is 55.7 Å². The van der Waals surface area contributed by atoms with E-state index in [2.05, 4.69) is 10.3 Å². The first-order valence-corrected chi connectivity index (χ1v) is 13.9. The zero-order chi connectivity index (χ0) is 25.8. The molecule has 2 aliphatic rings. The Morgan fingerprint density at radius 3 is 2.33 bits per heavy atom. The Labute approximate surface area is 214 Å². The van der Waals surface area contributed by atoms with Gasteiger partial charge in [-0.1, -0.05) is 11.6 Å². The highest BCUT2D eigenvalue weighted by atomic mass is 35.5. The molecule has 5 rings (SSSR count). The van der Waals surface area contributed by atoms with Crippen LogP contribution in [0.5, 0.6) is 0 Å². The van der Waals surface area contributed by atoms with Crippen LogP contribution in [0.15, 0.2) is 46.8 Å². The van der Waals surface area contributed by atoms with E-state index in [9.17, 15) is 31.5 Å². The van der Waals surface area contributed by atoms with Gasteiger partial charge in [0.25, 0.3) is 5.91 Å². The Bertz CT molecular complexity index is 1410. The number of aromatic nitrogens is 1. The Morgan fingerprint density at radius 2 is 1.75 bits per heavy atom. The van der Waals surface area contributed by atoms with Gasteiger partial charge in [-0.2, -0.15) is 0 Å². The van der Waals surface area contributed by atoms with Gasteiger partial charge in [0.05, 0.1) is 15.2 Å². The predicted octanol–water partition coefficient (Wildman–Crippen LogP) is 5.32. The van der Waals surface area contributed by atoms with E-state index in [1.54, 1.807) is 11.6 Å². The van der Waals surface area contributed by atoms with Crippen molar-refractivity contribution in [3.63, 3.8) is 0 Å². The number of carbonyl (C=O) groups excluding carboxylic acids is 1. The van der Waals surface area contributed by atoms with E-state index in [4.69, 9.17) is 11.6 Å². The zero-order valence-corrected chi connectivity index (χ0v) is 20.9. The summed E-state index contributed by atoms with van der Waals surface area (Å²) in [7, 11) is -4.00. The van der Waals surface area contributed by atoms with Gasteiger partial charge < -0.3 is 10.4 Å². The van der Waals surface area contributed by atoms with Gasteiger partial charge in [-0.15, -0.1) is 11.3 Å². The number of hydrogen-bond acceptors (Lipinski definition) is 6. The second-order valence-corrected chi connectivity index (χ2v) is 12.6. The maximum absolute atomic E-state index is 13.6. The summed E-state index contributed by atoms with van der Waals surface area (Å²) < 4.78 is 67.5. The molecule has 0 spiro atoms. The number of rotatable bonds is 5. The third kappa shape index (κ3) is 4.11. The molecule has 3 unspecified atom stereocenters. The van der Waals surface area contributed by atoms with Gasteiger partial charge in [0.2, 0.25) is 0 Å². The highest BCUT2D eigenvalue weighted by molar-refractivity contribution is 7.92. The number of hydrogen-bond donors (Lipinski definition) is 2. The number of carbonyl (C=O) groups is 1. The van der Waals surface area contributed by atoms with Crippen LogP contribution in [0, 0.1) is 29.3 Å². The molecule has 2 bridgehead atoms.